The number of carbonyl (C=O) groups is 3. The number of carbonyl (C=O) groups excluding carboxylic acids is 3. The summed E-state index contributed by atoms with van der Waals surface area (Å²) in [6.07, 6.45) is 0.865. The van der Waals surface area contributed by atoms with Gasteiger partial charge in [0.1, 0.15) is 5.82 Å². The minimum atomic E-state index is -1.09. The molecule has 2 aromatic rings. The van der Waals surface area contributed by atoms with Crippen LogP contribution in [0.5, 0.6) is 5.75 Å². The van der Waals surface area contributed by atoms with Crippen LogP contribution in [0.3, 0.4) is 0 Å². The van der Waals surface area contributed by atoms with Crippen molar-refractivity contribution in [3.05, 3.63) is 57.3 Å². The molecule has 1 aliphatic heterocycles. The monoisotopic (exact) mass is 463 g/mol. The highest BCUT2D eigenvalue weighted by atomic mass is 19.2. The molecule has 0 aliphatic carbocycles. The molecule has 3 rings (SSSR count). The number of amides is 3. The van der Waals surface area contributed by atoms with Gasteiger partial charge in [0.05, 0.1) is 6.04 Å². The number of rotatable bonds is 4. The highest BCUT2D eigenvalue weighted by molar-refractivity contribution is 6.34. The third kappa shape index (κ3) is 4.69. The van der Waals surface area contributed by atoms with Gasteiger partial charge >= 0.3 is 11.8 Å². The number of halogens is 2. The van der Waals surface area contributed by atoms with Crippen molar-refractivity contribution in [3.63, 3.8) is 0 Å². The molecule has 1 aromatic carbocycles. The highest BCUT2D eigenvalue weighted by Gasteiger charge is 2.34. The lowest BCUT2D eigenvalue weighted by atomic mass is 10.0. The zero-order valence-corrected chi connectivity index (χ0v) is 18.3. The van der Waals surface area contributed by atoms with Crippen LogP contribution in [0, 0.1) is 11.6 Å². The summed E-state index contributed by atoms with van der Waals surface area (Å²) in [5.41, 5.74) is -1.18. The minimum Gasteiger partial charge on any atom is -0.501 e. The van der Waals surface area contributed by atoms with Crippen LogP contribution in [0.2, 0.25) is 0 Å². The molecular formula is C21H23F2N5O5. The van der Waals surface area contributed by atoms with Crippen molar-refractivity contribution in [2.75, 3.05) is 21.1 Å². The van der Waals surface area contributed by atoms with Gasteiger partial charge in [-0.25, -0.2) is 13.8 Å². The highest BCUT2D eigenvalue weighted by Crippen LogP contribution is 2.29. The third-order valence-corrected chi connectivity index (χ3v) is 5.36. The summed E-state index contributed by atoms with van der Waals surface area (Å²) in [5.74, 6) is -5.43. The largest absolute Gasteiger partial charge is 0.501 e. The van der Waals surface area contributed by atoms with E-state index >= 15 is 0 Å². The Balaban J connectivity index is 1.91. The molecule has 3 amide bonds. The predicted octanol–water partition coefficient (Wildman–Crippen LogP) is 0.539. The summed E-state index contributed by atoms with van der Waals surface area (Å²) in [6, 6.07) is 2.31. The van der Waals surface area contributed by atoms with Crippen LogP contribution >= 0.6 is 0 Å². The second kappa shape index (κ2) is 9.35. The summed E-state index contributed by atoms with van der Waals surface area (Å²) in [6.45, 7) is 0.000362. The van der Waals surface area contributed by atoms with E-state index in [2.05, 4.69) is 10.3 Å². The molecule has 12 heteroatoms. The Bertz CT molecular complexity index is 1180. The Hall–Kier alpha value is -3.83. The van der Waals surface area contributed by atoms with Gasteiger partial charge < -0.3 is 20.2 Å². The lowest BCUT2D eigenvalue weighted by Gasteiger charge is -2.33. The summed E-state index contributed by atoms with van der Waals surface area (Å²) in [5, 5.41) is 12.7. The van der Waals surface area contributed by atoms with E-state index in [1.807, 2.05) is 0 Å². The molecule has 0 saturated heterocycles. The molecule has 1 aliphatic rings. The first-order chi connectivity index (χ1) is 15.5. The van der Waals surface area contributed by atoms with Crippen molar-refractivity contribution in [1.29, 1.82) is 0 Å². The zero-order valence-electron chi connectivity index (χ0n) is 18.3. The van der Waals surface area contributed by atoms with Crippen LogP contribution in [-0.4, -0.2) is 63.3 Å². The molecule has 176 valence electrons. The van der Waals surface area contributed by atoms with E-state index in [1.165, 1.54) is 31.8 Å². The van der Waals surface area contributed by atoms with Gasteiger partial charge in [-0.05, 0) is 30.5 Å². The van der Waals surface area contributed by atoms with Crippen molar-refractivity contribution in [2.24, 2.45) is 0 Å². The van der Waals surface area contributed by atoms with Crippen LogP contribution in [-0.2, 0) is 22.7 Å². The number of nitrogens with one attached hydrogen (secondary N) is 1. The lowest BCUT2D eigenvalue weighted by molar-refractivity contribution is -0.151. The molecule has 33 heavy (non-hydrogen) atoms. The topological polar surface area (TPSA) is 125 Å². The quantitative estimate of drug-likeness (QED) is 0.638. The summed E-state index contributed by atoms with van der Waals surface area (Å²) >= 11 is 0. The molecule has 2 N–H and O–H groups in total. The average Bonchev–Trinajstić information content (AvgIpc) is 2.79. The van der Waals surface area contributed by atoms with Crippen molar-refractivity contribution in [1.82, 2.24) is 24.7 Å². The van der Waals surface area contributed by atoms with E-state index < -0.39 is 52.4 Å². The smallest absolute Gasteiger partial charge is 0.312 e. The van der Waals surface area contributed by atoms with Gasteiger partial charge in [0.2, 0.25) is 5.75 Å². The summed E-state index contributed by atoms with van der Waals surface area (Å²) in [4.78, 5) is 56.4. The fourth-order valence-electron chi connectivity index (χ4n) is 3.53. The SMILES string of the molecule is CN(C)C(=O)C(=O)N(C)C1CCCn2c1nc(C(=O)NCc1ccc(F)c(F)c1)c(O)c2=O. The van der Waals surface area contributed by atoms with Gasteiger partial charge in [-0.1, -0.05) is 6.07 Å². The van der Waals surface area contributed by atoms with Crippen LogP contribution < -0.4 is 10.9 Å². The van der Waals surface area contributed by atoms with E-state index in [0.29, 0.717) is 12.8 Å². The summed E-state index contributed by atoms with van der Waals surface area (Å²) in [7, 11) is 4.25. The fraction of sp³-hybridized carbons (Fsp3) is 0.381. The standard InChI is InChI=1S/C21H23F2N5O5/c1-26(2)20(32)21(33)27(3)14-5-4-8-28-17(14)25-15(16(29)19(28)31)18(30)24-10-11-6-7-12(22)13(23)9-11/h6-7,9,14,29H,4-5,8,10H2,1-3H3,(H,24,30). The van der Waals surface area contributed by atoms with Crippen LogP contribution in [0.4, 0.5) is 8.78 Å². The van der Waals surface area contributed by atoms with Gasteiger partial charge in [-0.3, -0.25) is 23.7 Å². The van der Waals surface area contributed by atoms with Crippen molar-refractivity contribution in [3.8, 4) is 5.75 Å². The van der Waals surface area contributed by atoms with E-state index in [-0.39, 0.29) is 24.5 Å². The minimum absolute atomic E-state index is 0.0597. The first-order valence-corrected chi connectivity index (χ1v) is 10.1. The number of hydrogen-bond acceptors (Lipinski definition) is 6. The predicted molar refractivity (Wildman–Crippen MR) is 111 cm³/mol. The first kappa shape index (κ1) is 23.8. The molecule has 1 aromatic heterocycles. The lowest BCUT2D eigenvalue weighted by Crippen LogP contribution is -2.45. The maximum Gasteiger partial charge on any atom is 0.312 e. The Labute approximate surface area is 187 Å². The Morgan fingerprint density at radius 1 is 1.18 bits per heavy atom. The Kier molecular flexibility index (Phi) is 6.75. The third-order valence-electron chi connectivity index (χ3n) is 5.36. The van der Waals surface area contributed by atoms with Crippen LogP contribution in [0.1, 0.15) is 40.8 Å². The summed E-state index contributed by atoms with van der Waals surface area (Å²) < 4.78 is 27.6. The Morgan fingerprint density at radius 3 is 2.52 bits per heavy atom. The second-order valence-electron chi connectivity index (χ2n) is 7.83. The Morgan fingerprint density at radius 2 is 1.88 bits per heavy atom. The second-order valence-corrected chi connectivity index (χ2v) is 7.83. The number of aromatic hydroxyl groups is 1. The molecule has 0 bridgehead atoms. The molecule has 0 radical (unpaired) electrons. The van der Waals surface area contributed by atoms with Gasteiger partial charge in [-0.2, -0.15) is 0 Å². The molecule has 10 nitrogen and oxygen atoms in total. The van der Waals surface area contributed by atoms with Crippen molar-refractivity contribution in [2.45, 2.75) is 32.0 Å². The maximum atomic E-state index is 13.4. The van der Waals surface area contributed by atoms with Crippen molar-refractivity contribution >= 4 is 17.7 Å². The van der Waals surface area contributed by atoms with Crippen LogP contribution in [0.15, 0.2) is 23.0 Å². The molecule has 0 saturated carbocycles. The number of fused-ring (bicyclic) bond motifs is 1. The van der Waals surface area contributed by atoms with E-state index in [1.54, 1.807) is 0 Å². The van der Waals surface area contributed by atoms with E-state index in [0.717, 1.165) is 21.9 Å². The number of aromatic nitrogens is 2. The van der Waals surface area contributed by atoms with Crippen molar-refractivity contribution < 1.29 is 28.3 Å². The van der Waals surface area contributed by atoms with Crippen LogP contribution in [0.25, 0.3) is 0 Å². The molecule has 0 spiro atoms. The zero-order chi connectivity index (χ0) is 24.4. The van der Waals surface area contributed by atoms with Gasteiger partial charge in [0, 0.05) is 34.2 Å². The molecule has 1 unspecified atom stereocenters. The average molecular weight is 463 g/mol. The number of benzene rings is 1. The van der Waals surface area contributed by atoms with Gasteiger partial charge in [0.25, 0.3) is 11.5 Å². The fourth-order valence-corrected chi connectivity index (χ4v) is 3.53. The normalized spacial score (nSPS) is 14.9. The number of likely N-dealkylation sites (N-methyl/N-ethyl adjacent to an activating group) is 2. The molecule has 2 heterocycles. The van der Waals surface area contributed by atoms with E-state index in [9.17, 15) is 33.1 Å². The number of hydrogen-bond donors (Lipinski definition) is 2. The maximum absolute atomic E-state index is 13.4. The van der Waals surface area contributed by atoms with Gasteiger partial charge in [-0.15, -0.1) is 0 Å². The van der Waals surface area contributed by atoms with Gasteiger partial charge in [0.15, 0.2) is 17.3 Å². The first-order valence-electron chi connectivity index (χ1n) is 10.1. The molecule has 1 atom stereocenters. The van der Waals surface area contributed by atoms with E-state index in [4.69, 9.17) is 0 Å². The molecule has 0 fully saturated rings. The molecular weight excluding hydrogens is 440 g/mol. The number of nitrogens with zero attached hydrogens (tertiary/aromatic N) is 4.